The number of amides is 1. The molecule has 1 aromatic heterocycles. The zero-order chi connectivity index (χ0) is 18.0. The average molecular weight is 355 g/mol. The zero-order valence-electron chi connectivity index (χ0n) is 13.8. The van der Waals surface area contributed by atoms with Gasteiger partial charge in [0.15, 0.2) is 5.13 Å². The minimum atomic E-state index is -0.995. The summed E-state index contributed by atoms with van der Waals surface area (Å²) in [4.78, 5) is 30.6. The highest BCUT2D eigenvalue weighted by Crippen LogP contribution is 2.26. The van der Waals surface area contributed by atoms with Gasteiger partial charge in [0.2, 0.25) is 6.10 Å². The van der Waals surface area contributed by atoms with Gasteiger partial charge in [-0.15, -0.1) is 0 Å². The molecule has 25 heavy (non-hydrogen) atoms. The number of nitrogens with two attached hydrogens (primary N) is 1. The maximum atomic E-state index is 12.6. The highest BCUT2D eigenvalue weighted by atomic mass is 32.1. The molecule has 0 spiro atoms. The molecule has 0 bridgehead atoms. The number of fused-ring (bicyclic) bond motifs is 1. The molecule has 0 radical (unpaired) electrons. The number of benzene rings is 2. The van der Waals surface area contributed by atoms with E-state index >= 15 is 0 Å². The van der Waals surface area contributed by atoms with Crippen molar-refractivity contribution in [3.8, 4) is 0 Å². The van der Waals surface area contributed by atoms with E-state index in [9.17, 15) is 9.59 Å². The van der Waals surface area contributed by atoms with Gasteiger partial charge in [-0.2, -0.15) is 0 Å². The SMILES string of the molecule is CN(C)C(=O)[C@H](OC(=O)c1ccc2nc(N)sc2c1)c1ccccc1. The first kappa shape index (κ1) is 16.9. The van der Waals surface area contributed by atoms with E-state index in [4.69, 9.17) is 10.5 Å². The summed E-state index contributed by atoms with van der Waals surface area (Å²) in [5, 5.41) is 0.436. The second-order valence-corrected chi connectivity index (χ2v) is 6.73. The molecule has 2 N–H and O–H groups in total. The van der Waals surface area contributed by atoms with Crippen molar-refractivity contribution in [1.82, 2.24) is 9.88 Å². The number of hydrogen-bond acceptors (Lipinski definition) is 6. The molecular formula is C18H17N3O3S. The summed E-state index contributed by atoms with van der Waals surface area (Å²) in [5.74, 6) is -0.874. The van der Waals surface area contributed by atoms with E-state index < -0.39 is 12.1 Å². The molecule has 0 saturated heterocycles. The molecule has 0 fully saturated rings. The fraction of sp³-hybridized carbons (Fsp3) is 0.167. The molecule has 6 nitrogen and oxygen atoms in total. The van der Waals surface area contributed by atoms with E-state index in [1.54, 1.807) is 56.6 Å². The lowest BCUT2D eigenvalue weighted by Gasteiger charge is -2.21. The summed E-state index contributed by atoms with van der Waals surface area (Å²) in [6, 6.07) is 13.9. The summed E-state index contributed by atoms with van der Waals surface area (Å²) >= 11 is 1.29. The fourth-order valence-electron chi connectivity index (χ4n) is 2.37. The van der Waals surface area contributed by atoms with Crippen LogP contribution in [0.2, 0.25) is 0 Å². The maximum Gasteiger partial charge on any atom is 0.339 e. The predicted molar refractivity (Wildman–Crippen MR) is 97.3 cm³/mol. The largest absolute Gasteiger partial charge is 0.444 e. The van der Waals surface area contributed by atoms with E-state index in [1.807, 2.05) is 6.07 Å². The van der Waals surface area contributed by atoms with Crippen LogP contribution in [-0.2, 0) is 9.53 Å². The Hall–Kier alpha value is -2.93. The average Bonchev–Trinajstić information content (AvgIpc) is 2.98. The van der Waals surface area contributed by atoms with Crippen LogP contribution >= 0.6 is 11.3 Å². The van der Waals surface area contributed by atoms with Crippen LogP contribution in [0.5, 0.6) is 0 Å². The lowest BCUT2D eigenvalue weighted by molar-refractivity contribution is -0.138. The monoisotopic (exact) mass is 355 g/mol. The second kappa shape index (κ2) is 6.90. The topological polar surface area (TPSA) is 85.5 Å². The molecule has 0 aliphatic rings. The summed E-state index contributed by atoms with van der Waals surface area (Å²) in [6.45, 7) is 0. The summed E-state index contributed by atoms with van der Waals surface area (Å²) in [7, 11) is 3.25. The number of rotatable bonds is 4. The summed E-state index contributed by atoms with van der Waals surface area (Å²) in [6.07, 6.45) is -0.995. The standard InChI is InChI=1S/C18H17N3O3S/c1-21(2)16(22)15(11-6-4-3-5-7-11)24-17(23)12-8-9-13-14(10-12)25-18(19)20-13/h3-10,15H,1-2H3,(H2,19,20)/t15-/m1/s1. The number of anilines is 1. The Morgan fingerprint density at radius 3 is 2.56 bits per heavy atom. The number of aromatic nitrogens is 1. The Labute approximate surface area is 148 Å². The van der Waals surface area contributed by atoms with Gasteiger partial charge in [0, 0.05) is 19.7 Å². The minimum Gasteiger partial charge on any atom is -0.444 e. The van der Waals surface area contributed by atoms with Gasteiger partial charge < -0.3 is 15.4 Å². The Morgan fingerprint density at radius 1 is 1.16 bits per heavy atom. The van der Waals surface area contributed by atoms with Crippen molar-refractivity contribution in [2.24, 2.45) is 0 Å². The highest BCUT2D eigenvalue weighted by molar-refractivity contribution is 7.22. The predicted octanol–water partition coefficient (Wildman–Crippen LogP) is 2.86. The van der Waals surface area contributed by atoms with Crippen LogP contribution in [0.15, 0.2) is 48.5 Å². The van der Waals surface area contributed by atoms with Crippen LogP contribution in [-0.4, -0.2) is 35.9 Å². The molecule has 0 aliphatic heterocycles. The zero-order valence-corrected chi connectivity index (χ0v) is 14.6. The number of thiazole rings is 1. The van der Waals surface area contributed by atoms with Crippen molar-refractivity contribution >= 4 is 38.6 Å². The Balaban J connectivity index is 1.89. The van der Waals surface area contributed by atoms with Crippen LogP contribution in [0.3, 0.4) is 0 Å². The van der Waals surface area contributed by atoms with Crippen molar-refractivity contribution in [1.29, 1.82) is 0 Å². The molecule has 1 amide bonds. The van der Waals surface area contributed by atoms with E-state index in [2.05, 4.69) is 4.98 Å². The lowest BCUT2D eigenvalue weighted by Crippen LogP contribution is -2.31. The van der Waals surface area contributed by atoms with Crippen molar-refractivity contribution < 1.29 is 14.3 Å². The van der Waals surface area contributed by atoms with Crippen molar-refractivity contribution in [2.75, 3.05) is 19.8 Å². The number of likely N-dealkylation sites (N-methyl/N-ethyl adjacent to an activating group) is 1. The van der Waals surface area contributed by atoms with Crippen molar-refractivity contribution in [2.45, 2.75) is 6.10 Å². The van der Waals surface area contributed by atoms with Gasteiger partial charge >= 0.3 is 5.97 Å². The van der Waals surface area contributed by atoms with E-state index in [1.165, 1.54) is 16.2 Å². The van der Waals surface area contributed by atoms with Crippen molar-refractivity contribution in [3.05, 3.63) is 59.7 Å². The van der Waals surface area contributed by atoms with Gasteiger partial charge in [0.1, 0.15) is 0 Å². The number of hydrogen-bond donors (Lipinski definition) is 1. The van der Waals surface area contributed by atoms with E-state index in [0.717, 1.165) is 10.2 Å². The maximum absolute atomic E-state index is 12.6. The van der Waals surface area contributed by atoms with Crippen LogP contribution < -0.4 is 5.73 Å². The molecule has 2 aromatic carbocycles. The Morgan fingerprint density at radius 2 is 1.88 bits per heavy atom. The van der Waals surface area contributed by atoms with Crippen molar-refractivity contribution in [3.63, 3.8) is 0 Å². The van der Waals surface area contributed by atoms with E-state index in [-0.39, 0.29) is 5.91 Å². The molecule has 3 rings (SSSR count). The number of esters is 1. The van der Waals surface area contributed by atoms with Gasteiger partial charge in [-0.25, -0.2) is 9.78 Å². The summed E-state index contributed by atoms with van der Waals surface area (Å²) in [5.41, 5.74) is 7.39. The number of ether oxygens (including phenoxy) is 1. The molecule has 0 aliphatic carbocycles. The third-order valence-corrected chi connectivity index (χ3v) is 4.48. The lowest BCUT2D eigenvalue weighted by atomic mass is 10.1. The normalized spacial score (nSPS) is 11.9. The number of carbonyl (C=O) groups excluding carboxylic acids is 2. The van der Waals surface area contributed by atoms with Gasteiger partial charge in [-0.05, 0) is 18.2 Å². The first-order chi connectivity index (χ1) is 12.0. The molecule has 1 atom stereocenters. The first-order valence-corrected chi connectivity index (χ1v) is 8.40. The molecule has 7 heteroatoms. The molecule has 128 valence electrons. The number of carbonyl (C=O) groups is 2. The Kier molecular flexibility index (Phi) is 4.67. The quantitative estimate of drug-likeness (QED) is 0.727. The van der Waals surface area contributed by atoms with Gasteiger partial charge in [-0.3, -0.25) is 4.79 Å². The van der Waals surface area contributed by atoms with E-state index in [0.29, 0.717) is 16.3 Å². The third kappa shape index (κ3) is 3.61. The second-order valence-electron chi connectivity index (χ2n) is 5.66. The molecule has 3 aromatic rings. The van der Waals surface area contributed by atoms with Crippen LogP contribution in [0, 0.1) is 0 Å². The minimum absolute atomic E-state index is 0.303. The van der Waals surface area contributed by atoms with Crippen LogP contribution in [0.1, 0.15) is 22.0 Å². The first-order valence-electron chi connectivity index (χ1n) is 7.59. The smallest absolute Gasteiger partial charge is 0.339 e. The van der Waals surface area contributed by atoms with Crippen LogP contribution in [0.4, 0.5) is 5.13 Å². The number of nitrogens with zero attached hydrogens (tertiary/aromatic N) is 2. The van der Waals surface area contributed by atoms with Gasteiger partial charge in [-0.1, -0.05) is 41.7 Å². The molecular weight excluding hydrogens is 338 g/mol. The van der Waals surface area contributed by atoms with Gasteiger partial charge in [0.25, 0.3) is 5.91 Å². The molecule has 0 saturated carbocycles. The summed E-state index contributed by atoms with van der Waals surface area (Å²) < 4.78 is 6.32. The molecule has 0 unspecified atom stereocenters. The third-order valence-electron chi connectivity index (χ3n) is 3.63. The fourth-order valence-corrected chi connectivity index (χ4v) is 3.14. The molecule has 1 heterocycles. The van der Waals surface area contributed by atoms with Gasteiger partial charge in [0.05, 0.1) is 15.8 Å². The highest BCUT2D eigenvalue weighted by Gasteiger charge is 2.27. The number of nitrogen functional groups attached to an aromatic ring is 1. The van der Waals surface area contributed by atoms with Crippen LogP contribution in [0.25, 0.3) is 10.2 Å². The Bertz CT molecular complexity index is 922.